The van der Waals surface area contributed by atoms with Crippen LogP contribution in [0.2, 0.25) is 5.02 Å². The van der Waals surface area contributed by atoms with Crippen LogP contribution in [0.5, 0.6) is 0 Å². The maximum atomic E-state index is 14.1. The first kappa shape index (κ1) is 22.4. The molecule has 0 unspecified atom stereocenters. The Hall–Kier alpha value is -2.82. The van der Waals surface area contributed by atoms with E-state index in [9.17, 15) is 22.0 Å². The van der Waals surface area contributed by atoms with E-state index in [4.69, 9.17) is 11.6 Å². The van der Waals surface area contributed by atoms with E-state index in [1.165, 1.54) is 10.5 Å². The predicted octanol–water partition coefficient (Wildman–Crippen LogP) is 2.82. The fourth-order valence-electron chi connectivity index (χ4n) is 3.55. The van der Waals surface area contributed by atoms with Gasteiger partial charge in [-0.05, 0) is 17.7 Å². The van der Waals surface area contributed by atoms with Crippen LogP contribution in [-0.4, -0.2) is 48.7 Å². The molecule has 11 heteroatoms. The van der Waals surface area contributed by atoms with Crippen LogP contribution in [0.4, 0.5) is 14.5 Å². The first-order valence-electron chi connectivity index (χ1n) is 9.76. The van der Waals surface area contributed by atoms with Crippen LogP contribution in [0.1, 0.15) is 5.56 Å². The molecule has 0 bridgehead atoms. The molecule has 4 rings (SSSR count). The number of halogens is 3. The molecule has 168 valence electrons. The molecule has 1 aliphatic rings. The van der Waals surface area contributed by atoms with Crippen molar-refractivity contribution in [3.63, 3.8) is 0 Å². The van der Waals surface area contributed by atoms with Gasteiger partial charge in [0.15, 0.2) is 5.82 Å². The van der Waals surface area contributed by atoms with Crippen molar-refractivity contribution in [2.45, 2.75) is 5.75 Å². The van der Waals surface area contributed by atoms with Gasteiger partial charge in [0.1, 0.15) is 16.5 Å². The number of aromatic nitrogens is 2. The molecular formula is C21H19ClF2N4O3S. The van der Waals surface area contributed by atoms with Crippen LogP contribution in [0, 0.1) is 11.6 Å². The molecular weight excluding hydrogens is 462 g/mol. The Morgan fingerprint density at radius 1 is 0.969 bits per heavy atom. The van der Waals surface area contributed by atoms with Gasteiger partial charge in [-0.3, -0.25) is 4.79 Å². The summed E-state index contributed by atoms with van der Waals surface area (Å²) in [6, 6.07) is 11.7. The Morgan fingerprint density at radius 2 is 1.66 bits per heavy atom. The van der Waals surface area contributed by atoms with E-state index in [1.807, 2.05) is 6.07 Å². The van der Waals surface area contributed by atoms with Gasteiger partial charge >= 0.3 is 0 Å². The highest BCUT2D eigenvalue weighted by Gasteiger charge is 2.28. The highest BCUT2D eigenvalue weighted by atomic mass is 35.5. The fraction of sp³-hybridized carbons (Fsp3) is 0.238. The SMILES string of the molecule is O=c1c(Cl)c(N2CCN(S(=O)(=O)Cc3ccccc3)CC2)cnn1-c1ccc(F)cc1F. The van der Waals surface area contributed by atoms with Crippen LogP contribution in [0.15, 0.2) is 59.5 Å². The Labute approximate surface area is 188 Å². The summed E-state index contributed by atoms with van der Waals surface area (Å²) in [6.07, 6.45) is 1.32. The molecule has 0 spiro atoms. The van der Waals surface area contributed by atoms with Crippen LogP contribution >= 0.6 is 11.6 Å². The van der Waals surface area contributed by atoms with Gasteiger partial charge in [-0.1, -0.05) is 41.9 Å². The zero-order valence-corrected chi connectivity index (χ0v) is 18.4. The standard InChI is InChI=1S/C21H19ClF2N4O3S/c22-20-19(13-25-28(21(20)29)18-7-6-16(23)12-17(18)24)26-8-10-27(11-9-26)32(30,31)14-15-4-2-1-3-5-15/h1-7,12-13H,8-11,14H2. The van der Waals surface area contributed by atoms with Gasteiger partial charge in [0.25, 0.3) is 5.56 Å². The van der Waals surface area contributed by atoms with E-state index in [1.54, 1.807) is 29.2 Å². The predicted molar refractivity (Wildman–Crippen MR) is 118 cm³/mol. The van der Waals surface area contributed by atoms with Gasteiger partial charge < -0.3 is 4.90 Å². The van der Waals surface area contributed by atoms with Gasteiger partial charge in [-0.2, -0.15) is 14.1 Å². The lowest BCUT2D eigenvalue weighted by atomic mass is 10.2. The second-order valence-corrected chi connectivity index (χ2v) is 9.63. The lowest BCUT2D eigenvalue weighted by molar-refractivity contribution is 0.384. The van der Waals surface area contributed by atoms with Crippen molar-refractivity contribution < 1.29 is 17.2 Å². The summed E-state index contributed by atoms with van der Waals surface area (Å²) in [5, 5.41) is 3.81. The Bertz CT molecular complexity index is 1290. The molecule has 1 aliphatic heterocycles. The second kappa shape index (κ2) is 8.97. The summed E-state index contributed by atoms with van der Waals surface area (Å²) >= 11 is 6.26. The number of sulfonamides is 1. The highest BCUT2D eigenvalue weighted by Crippen LogP contribution is 2.24. The number of anilines is 1. The average Bonchev–Trinajstić information content (AvgIpc) is 2.77. The Balaban J connectivity index is 1.50. The molecule has 3 aromatic rings. The number of piperazine rings is 1. The van der Waals surface area contributed by atoms with E-state index in [2.05, 4.69) is 5.10 Å². The van der Waals surface area contributed by atoms with Crippen molar-refractivity contribution in [2.24, 2.45) is 0 Å². The van der Waals surface area contributed by atoms with Crippen LogP contribution < -0.4 is 10.5 Å². The third-order valence-corrected chi connectivity index (χ3v) is 7.41. The van der Waals surface area contributed by atoms with E-state index in [0.29, 0.717) is 30.4 Å². The van der Waals surface area contributed by atoms with Gasteiger partial charge in [0.05, 0.1) is 17.6 Å². The van der Waals surface area contributed by atoms with Crippen molar-refractivity contribution >= 4 is 27.3 Å². The second-order valence-electron chi connectivity index (χ2n) is 7.28. The minimum atomic E-state index is -3.49. The van der Waals surface area contributed by atoms with E-state index in [-0.39, 0.29) is 29.6 Å². The number of hydrogen-bond donors (Lipinski definition) is 0. The van der Waals surface area contributed by atoms with E-state index < -0.39 is 27.2 Å². The molecule has 0 saturated carbocycles. The molecule has 0 radical (unpaired) electrons. The fourth-order valence-corrected chi connectivity index (χ4v) is 5.32. The monoisotopic (exact) mass is 480 g/mol. The Kier molecular flexibility index (Phi) is 6.27. The van der Waals surface area contributed by atoms with E-state index >= 15 is 0 Å². The molecule has 32 heavy (non-hydrogen) atoms. The van der Waals surface area contributed by atoms with Crippen molar-refractivity contribution in [1.29, 1.82) is 0 Å². The number of hydrogen-bond acceptors (Lipinski definition) is 5. The molecule has 0 amide bonds. The zero-order valence-electron chi connectivity index (χ0n) is 16.8. The maximum absolute atomic E-state index is 14.1. The average molecular weight is 481 g/mol. The minimum absolute atomic E-state index is 0.0879. The van der Waals surface area contributed by atoms with E-state index in [0.717, 1.165) is 16.8 Å². The van der Waals surface area contributed by atoms with Crippen molar-refractivity contribution in [2.75, 3.05) is 31.1 Å². The lowest BCUT2D eigenvalue weighted by Gasteiger charge is -2.35. The van der Waals surface area contributed by atoms with Gasteiger partial charge in [-0.15, -0.1) is 0 Å². The first-order chi connectivity index (χ1) is 15.3. The van der Waals surface area contributed by atoms with Crippen molar-refractivity contribution in [3.8, 4) is 5.69 Å². The van der Waals surface area contributed by atoms with Crippen LogP contribution in [0.3, 0.4) is 0 Å². The van der Waals surface area contributed by atoms with Crippen LogP contribution in [0.25, 0.3) is 5.69 Å². The van der Waals surface area contributed by atoms with Crippen molar-refractivity contribution in [1.82, 2.24) is 14.1 Å². The molecule has 1 saturated heterocycles. The summed E-state index contributed by atoms with van der Waals surface area (Å²) in [6.45, 7) is 1.07. The molecule has 0 aliphatic carbocycles. The number of benzene rings is 2. The van der Waals surface area contributed by atoms with Gasteiger partial charge in [-0.25, -0.2) is 17.2 Å². The molecule has 1 fully saturated rings. The Morgan fingerprint density at radius 3 is 2.31 bits per heavy atom. The van der Waals surface area contributed by atoms with Gasteiger partial charge in [0.2, 0.25) is 10.0 Å². The largest absolute Gasteiger partial charge is 0.366 e. The van der Waals surface area contributed by atoms with Crippen molar-refractivity contribution in [3.05, 3.63) is 87.3 Å². The quantitative estimate of drug-likeness (QED) is 0.561. The molecule has 2 aromatic carbocycles. The smallest absolute Gasteiger partial charge is 0.292 e. The number of rotatable bonds is 5. The summed E-state index contributed by atoms with van der Waals surface area (Å²) in [5.74, 6) is -1.81. The zero-order chi connectivity index (χ0) is 22.9. The highest BCUT2D eigenvalue weighted by molar-refractivity contribution is 7.88. The lowest BCUT2D eigenvalue weighted by Crippen LogP contribution is -2.49. The molecule has 2 heterocycles. The summed E-state index contributed by atoms with van der Waals surface area (Å²) in [4.78, 5) is 14.4. The topological polar surface area (TPSA) is 75.5 Å². The molecule has 0 atom stereocenters. The third-order valence-electron chi connectivity index (χ3n) is 5.20. The summed E-state index contributed by atoms with van der Waals surface area (Å²) in [5.41, 5.74) is 0.0600. The van der Waals surface area contributed by atoms with Gasteiger partial charge in [0, 0.05) is 32.2 Å². The summed E-state index contributed by atoms with van der Waals surface area (Å²) in [7, 11) is -3.49. The molecule has 1 aromatic heterocycles. The number of nitrogens with zero attached hydrogens (tertiary/aromatic N) is 4. The third kappa shape index (κ3) is 4.52. The molecule has 0 N–H and O–H groups in total. The minimum Gasteiger partial charge on any atom is -0.366 e. The normalized spacial score (nSPS) is 15.2. The molecule has 7 nitrogen and oxygen atoms in total. The first-order valence-corrected chi connectivity index (χ1v) is 11.7. The summed E-state index contributed by atoms with van der Waals surface area (Å²) < 4.78 is 54.9. The van der Waals surface area contributed by atoms with Crippen LogP contribution in [-0.2, 0) is 15.8 Å². The maximum Gasteiger partial charge on any atom is 0.292 e.